The van der Waals surface area contributed by atoms with Crippen molar-refractivity contribution in [3.05, 3.63) is 45.0 Å². The van der Waals surface area contributed by atoms with Gasteiger partial charge in [-0.15, -0.1) is 0 Å². The van der Waals surface area contributed by atoms with Crippen LogP contribution < -0.4 is 11.1 Å². The zero-order valence-electron chi connectivity index (χ0n) is 10.1. The molecule has 1 aromatic carbocycles. The average molecular weight is 327 g/mol. The maximum absolute atomic E-state index is 5.99. The van der Waals surface area contributed by atoms with E-state index < -0.39 is 0 Å². The number of benzene rings is 1. The molecular weight excluding hydrogens is 314 g/mol. The molecule has 0 unspecified atom stereocenters. The van der Waals surface area contributed by atoms with Crippen LogP contribution in [0.15, 0.2) is 28.9 Å². The molecule has 0 radical (unpaired) electrons. The van der Waals surface area contributed by atoms with Gasteiger partial charge >= 0.3 is 0 Å². The number of hydrogen-bond acceptors (Lipinski definition) is 3. The average Bonchev–Trinajstić information content (AvgIpc) is 2.34. The molecule has 5 heteroatoms. The standard InChI is InChI=1S/C13H13BrClN3/c1-7-3-4-9(15)5-11(7)18-13-12(14)8(2)10(16)6-17-13/h3-6H,16H2,1-2H3,(H,17,18). The van der Waals surface area contributed by atoms with E-state index in [0.29, 0.717) is 10.7 Å². The van der Waals surface area contributed by atoms with Crippen LogP contribution in [0.3, 0.4) is 0 Å². The second-order valence-corrected chi connectivity index (χ2v) is 5.31. The molecule has 0 amide bonds. The van der Waals surface area contributed by atoms with E-state index in [-0.39, 0.29) is 0 Å². The second-order valence-electron chi connectivity index (χ2n) is 4.09. The summed E-state index contributed by atoms with van der Waals surface area (Å²) in [6, 6.07) is 5.69. The molecule has 0 saturated heterocycles. The van der Waals surface area contributed by atoms with Crippen LogP contribution in [-0.4, -0.2) is 4.98 Å². The van der Waals surface area contributed by atoms with E-state index in [1.165, 1.54) is 0 Å². The summed E-state index contributed by atoms with van der Waals surface area (Å²) < 4.78 is 0.863. The van der Waals surface area contributed by atoms with E-state index >= 15 is 0 Å². The number of nitrogens with one attached hydrogen (secondary N) is 1. The lowest BCUT2D eigenvalue weighted by Crippen LogP contribution is -2.00. The van der Waals surface area contributed by atoms with Gasteiger partial charge in [0.25, 0.3) is 0 Å². The summed E-state index contributed by atoms with van der Waals surface area (Å²) in [5.74, 6) is 0.729. The fourth-order valence-corrected chi connectivity index (χ4v) is 2.14. The molecule has 2 rings (SSSR count). The Labute approximate surface area is 119 Å². The first-order chi connectivity index (χ1) is 8.49. The molecule has 0 aliphatic carbocycles. The van der Waals surface area contributed by atoms with Gasteiger partial charge < -0.3 is 11.1 Å². The summed E-state index contributed by atoms with van der Waals surface area (Å²) in [4.78, 5) is 4.28. The number of nitrogen functional groups attached to an aromatic ring is 1. The molecule has 3 N–H and O–H groups in total. The van der Waals surface area contributed by atoms with Crippen LogP contribution in [0.25, 0.3) is 0 Å². The highest BCUT2D eigenvalue weighted by Crippen LogP contribution is 2.31. The van der Waals surface area contributed by atoms with E-state index in [9.17, 15) is 0 Å². The van der Waals surface area contributed by atoms with E-state index in [2.05, 4.69) is 26.2 Å². The van der Waals surface area contributed by atoms with Crippen LogP contribution in [0.1, 0.15) is 11.1 Å². The van der Waals surface area contributed by atoms with Crippen molar-refractivity contribution in [2.45, 2.75) is 13.8 Å². The predicted octanol–water partition coefficient (Wildman–Crippen LogP) is 4.44. The Bertz CT molecular complexity index is 599. The zero-order valence-corrected chi connectivity index (χ0v) is 12.4. The molecule has 0 atom stereocenters. The molecule has 0 bridgehead atoms. The van der Waals surface area contributed by atoms with Gasteiger partial charge in [-0.3, -0.25) is 0 Å². The Morgan fingerprint density at radius 1 is 1.33 bits per heavy atom. The molecule has 1 aromatic heterocycles. The maximum Gasteiger partial charge on any atom is 0.145 e. The van der Waals surface area contributed by atoms with Gasteiger partial charge in [0.2, 0.25) is 0 Å². The minimum atomic E-state index is 0.662. The smallest absolute Gasteiger partial charge is 0.145 e. The first-order valence-electron chi connectivity index (χ1n) is 5.43. The summed E-state index contributed by atoms with van der Waals surface area (Å²) >= 11 is 9.48. The maximum atomic E-state index is 5.99. The van der Waals surface area contributed by atoms with Crippen molar-refractivity contribution in [1.82, 2.24) is 4.98 Å². The van der Waals surface area contributed by atoms with Gasteiger partial charge in [0, 0.05) is 10.7 Å². The molecule has 0 spiro atoms. The highest BCUT2D eigenvalue weighted by molar-refractivity contribution is 9.10. The fraction of sp³-hybridized carbons (Fsp3) is 0.154. The number of nitrogens with zero attached hydrogens (tertiary/aromatic N) is 1. The van der Waals surface area contributed by atoms with Crippen LogP contribution in [0, 0.1) is 13.8 Å². The van der Waals surface area contributed by atoms with Crippen molar-refractivity contribution in [2.24, 2.45) is 0 Å². The van der Waals surface area contributed by atoms with Gasteiger partial charge in [-0.05, 0) is 53.0 Å². The lowest BCUT2D eigenvalue weighted by molar-refractivity contribution is 1.25. The van der Waals surface area contributed by atoms with Gasteiger partial charge in [0.05, 0.1) is 16.4 Å². The van der Waals surface area contributed by atoms with Crippen LogP contribution >= 0.6 is 27.5 Å². The summed E-state index contributed by atoms with van der Waals surface area (Å²) in [5, 5.41) is 3.94. The summed E-state index contributed by atoms with van der Waals surface area (Å²) in [7, 11) is 0. The Morgan fingerprint density at radius 2 is 2.06 bits per heavy atom. The number of pyridine rings is 1. The largest absolute Gasteiger partial charge is 0.397 e. The van der Waals surface area contributed by atoms with E-state index in [4.69, 9.17) is 17.3 Å². The SMILES string of the molecule is Cc1ccc(Cl)cc1Nc1ncc(N)c(C)c1Br. The second kappa shape index (κ2) is 5.16. The molecule has 0 aliphatic heterocycles. The van der Waals surface area contributed by atoms with Crippen LogP contribution in [0.4, 0.5) is 17.2 Å². The molecular formula is C13H13BrClN3. The third-order valence-corrected chi connectivity index (χ3v) is 3.96. The lowest BCUT2D eigenvalue weighted by Gasteiger charge is -2.13. The molecule has 0 fully saturated rings. The number of nitrogens with two attached hydrogens (primary N) is 1. The van der Waals surface area contributed by atoms with Gasteiger partial charge in [-0.1, -0.05) is 17.7 Å². The topological polar surface area (TPSA) is 50.9 Å². The third kappa shape index (κ3) is 2.60. The number of anilines is 3. The van der Waals surface area contributed by atoms with Crippen molar-refractivity contribution >= 4 is 44.7 Å². The van der Waals surface area contributed by atoms with Crippen LogP contribution in [0.2, 0.25) is 5.02 Å². The fourth-order valence-electron chi connectivity index (χ4n) is 1.54. The first kappa shape index (κ1) is 13.2. The number of aryl methyl sites for hydroxylation is 1. The Morgan fingerprint density at radius 3 is 2.78 bits per heavy atom. The van der Waals surface area contributed by atoms with E-state index in [0.717, 1.165) is 27.1 Å². The van der Waals surface area contributed by atoms with Gasteiger partial charge in [-0.25, -0.2) is 4.98 Å². The molecule has 3 nitrogen and oxygen atoms in total. The van der Waals surface area contributed by atoms with Crippen LogP contribution in [0.5, 0.6) is 0 Å². The van der Waals surface area contributed by atoms with Crippen molar-refractivity contribution in [3.63, 3.8) is 0 Å². The lowest BCUT2D eigenvalue weighted by atomic mass is 10.2. The normalized spacial score (nSPS) is 10.4. The molecule has 18 heavy (non-hydrogen) atoms. The van der Waals surface area contributed by atoms with Crippen LogP contribution in [-0.2, 0) is 0 Å². The monoisotopic (exact) mass is 325 g/mol. The molecule has 0 aliphatic rings. The molecule has 0 saturated carbocycles. The highest BCUT2D eigenvalue weighted by Gasteiger charge is 2.09. The van der Waals surface area contributed by atoms with Gasteiger partial charge in [0.15, 0.2) is 0 Å². The number of aromatic nitrogens is 1. The summed E-state index contributed by atoms with van der Waals surface area (Å²) in [6.07, 6.45) is 1.64. The first-order valence-corrected chi connectivity index (χ1v) is 6.60. The van der Waals surface area contributed by atoms with Gasteiger partial charge in [-0.2, -0.15) is 0 Å². The zero-order chi connectivity index (χ0) is 13.3. The predicted molar refractivity (Wildman–Crippen MR) is 80.6 cm³/mol. The Hall–Kier alpha value is -1.26. The molecule has 94 valence electrons. The van der Waals surface area contributed by atoms with Crippen molar-refractivity contribution in [2.75, 3.05) is 11.1 Å². The molecule has 2 aromatic rings. The van der Waals surface area contributed by atoms with Gasteiger partial charge in [0.1, 0.15) is 5.82 Å². The Kier molecular flexibility index (Phi) is 3.78. The quantitative estimate of drug-likeness (QED) is 0.857. The van der Waals surface area contributed by atoms with E-state index in [1.54, 1.807) is 6.20 Å². The minimum absolute atomic E-state index is 0.662. The highest BCUT2D eigenvalue weighted by atomic mass is 79.9. The molecule has 1 heterocycles. The number of halogens is 2. The van der Waals surface area contributed by atoms with Crippen molar-refractivity contribution in [3.8, 4) is 0 Å². The number of hydrogen-bond donors (Lipinski definition) is 2. The Balaban J connectivity index is 2.40. The minimum Gasteiger partial charge on any atom is -0.397 e. The summed E-state index contributed by atoms with van der Waals surface area (Å²) in [6.45, 7) is 3.95. The number of rotatable bonds is 2. The van der Waals surface area contributed by atoms with Crippen molar-refractivity contribution in [1.29, 1.82) is 0 Å². The summed E-state index contributed by atoms with van der Waals surface area (Å²) in [5.41, 5.74) is 9.45. The third-order valence-electron chi connectivity index (χ3n) is 2.76. The van der Waals surface area contributed by atoms with Crippen molar-refractivity contribution < 1.29 is 0 Å². The van der Waals surface area contributed by atoms with E-state index in [1.807, 2.05) is 32.0 Å².